The highest BCUT2D eigenvalue weighted by Gasteiger charge is 2.52. The lowest BCUT2D eigenvalue weighted by atomic mass is 9.87. The van der Waals surface area contributed by atoms with Gasteiger partial charge in [0.2, 0.25) is 5.91 Å². The lowest BCUT2D eigenvalue weighted by molar-refractivity contribution is -0.141. The molecule has 4 amide bonds. The maximum Gasteiger partial charge on any atom is 0.325 e. The van der Waals surface area contributed by atoms with Crippen LogP contribution in [0.25, 0.3) is 0 Å². The minimum atomic E-state index is -0.913. The zero-order valence-electron chi connectivity index (χ0n) is 15.2. The summed E-state index contributed by atoms with van der Waals surface area (Å²) in [5.74, 6) is -0.276. The predicted molar refractivity (Wildman–Crippen MR) is 96.0 cm³/mol. The third-order valence-electron chi connectivity index (χ3n) is 6.13. The van der Waals surface area contributed by atoms with Crippen molar-refractivity contribution in [1.29, 1.82) is 0 Å². The molecule has 1 aromatic rings. The van der Waals surface area contributed by atoms with Crippen LogP contribution in [0, 0.1) is 11.7 Å². The topological polar surface area (TPSA) is 69.7 Å². The van der Waals surface area contributed by atoms with Crippen LogP contribution >= 0.6 is 0 Å². The van der Waals surface area contributed by atoms with Gasteiger partial charge in [0.05, 0.1) is 6.54 Å². The molecule has 144 valence electrons. The smallest absolute Gasteiger partial charge is 0.325 e. The number of halogens is 1. The van der Waals surface area contributed by atoms with Crippen molar-refractivity contribution in [2.24, 2.45) is 5.92 Å². The number of carbonyl (C=O) groups excluding carboxylic acids is 3. The number of hydrogen-bond acceptors (Lipinski definition) is 3. The van der Waals surface area contributed by atoms with Crippen molar-refractivity contribution >= 4 is 17.8 Å². The number of carbonyl (C=O) groups is 3. The van der Waals surface area contributed by atoms with Gasteiger partial charge in [0.1, 0.15) is 11.4 Å². The van der Waals surface area contributed by atoms with Gasteiger partial charge in [-0.05, 0) is 43.4 Å². The molecular weight excluding hydrogens is 349 g/mol. The highest BCUT2D eigenvalue weighted by Crippen LogP contribution is 2.33. The number of rotatable bonds is 3. The first kappa shape index (κ1) is 17.9. The lowest BCUT2D eigenvalue weighted by Gasteiger charge is -2.38. The first-order valence-electron chi connectivity index (χ1n) is 9.66. The first-order valence-corrected chi connectivity index (χ1v) is 9.66. The summed E-state index contributed by atoms with van der Waals surface area (Å²) in [5, 5.41) is 2.86. The van der Waals surface area contributed by atoms with E-state index in [9.17, 15) is 18.8 Å². The SMILES string of the molecule is O=C(C1CCCC1)N1CCC2(CC1)NC(=O)N(Cc1ccc(F)cc1)C2=O. The van der Waals surface area contributed by atoms with Crippen LogP contribution in [0.4, 0.5) is 9.18 Å². The summed E-state index contributed by atoms with van der Waals surface area (Å²) in [7, 11) is 0. The Morgan fingerprint density at radius 3 is 2.37 bits per heavy atom. The third kappa shape index (κ3) is 3.31. The number of nitrogens with zero attached hydrogens (tertiary/aromatic N) is 2. The van der Waals surface area contributed by atoms with Crippen molar-refractivity contribution in [2.75, 3.05) is 13.1 Å². The second-order valence-electron chi connectivity index (χ2n) is 7.84. The van der Waals surface area contributed by atoms with E-state index in [1.54, 1.807) is 12.1 Å². The van der Waals surface area contributed by atoms with Crippen LogP contribution in [0.1, 0.15) is 44.1 Å². The maximum atomic E-state index is 13.1. The van der Waals surface area contributed by atoms with Crippen molar-refractivity contribution < 1.29 is 18.8 Å². The lowest BCUT2D eigenvalue weighted by Crippen LogP contribution is -2.56. The number of urea groups is 1. The molecule has 0 aromatic heterocycles. The molecule has 0 unspecified atom stereocenters. The Kier molecular flexibility index (Phi) is 4.61. The van der Waals surface area contributed by atoms with E-state index >= 15 is 0 Å². The summed E-state index contributed by atoms with van der Waals surface area (Å²) < 4.78 is 13.1. The Morgan fingerprint density at radius 1 is 1.11 bits per heavy atom. The Labute approximate surface area is 157 Å². The summed E-state index contributed by atoms with van der Waals surface area (Å²) in [6.07, 6.45) is 5.03. The van der Waals surface area contributed by atoms with Gasteiger partial charge < -0.3 is 10.2 Å². The molecule has 0 bridgehead atoms. The minimum absolute atomic E-state index is 0.122. The molecule has 2 saturated heterocycles. The van der Waals surface area contributed by atoms with E-state index in [-0.39, 0.29) is 30.1 Å². The molecule has 1 spiro atoms. The van der Waals surface area contributed by atoms with Gasteiger partial charge in [0.25, 0.3) is 5.91 Å². The van der Waals surface area contributed by atoms with E-state index in [1.807, 2.05) is 4.90 Å². The van der Waals surface area contributed by atoms with E-state index in [0.29, 0.717) is 31.5 Å². The molecule has 7 heteroatoms. The van der Waals surface area contributed by atoms with E-state index < -0.39 is 11.6 Å². The van der Waals surface area contributed by atoms with Gasteiger partial charge in [0.15, 0.2) is 0 Å². The van der Waals surface area contributed by atoms with Gasteiger partial charge in [-0.1, -0.05) is 25.0 Å². The molecule has 2 aliphatic heterocycles. The fraction of sp³-hybridized carbons (Fsp3) is 0.550. The summed E-state index contributed by atoms with van der Waals surface area (Å²) in [4.78, 5) is 41.0. The first-order chi connectivity index (χ1) is 13.0. The van der Waals surface area contributed by atoms with Crippen LogP contribution in [0.2, 0.25) is 0 Å². The number of piperidine rings is 1. The second kappa shape index (κ2) is 6.94. The zero-order valence-corrected chi connectivity index (χ0v) is 15.2. The summed E-state index contributed by atoms with van der Waals surface area (Å²) in [5.41, 5.74) is -0.213. The molecular formula is C20H24FN3O3. The van der Waals surface area contributed by atoms with E-state index in [4.69, 9.17) is 0 Å². The zero-order chi connectivity index (χ0) is 19.0. The number of imide groups is 1. The molecule has 4 rings (SSSR count). The Hall–Kier alpha value is -2.44. The van der Waals surface area contributed by atoms with Crippen molar-refractivity contribution in [2.45, 2.75) is 50.6 Å². The van der Waals surface area contributed by atoms with Gasteiger partial charge in [-0.3, -0.25) is 14.5 Å². The Bertz CT molecular complexity index is 750. The average molecular weight is 373 g/mol. The summed E-state index contributed by atoms with van der Waals surface area (Å²) >= 11 is 0. The molecule has 1 saturated carbocycles. The second-order valence-corrected chi connectivity index (χ2v) is 7.84. The fourth-order valence-electron chi connectivity index (χ4n) is 4.47. The number of hydrogen-bond donors (Lipinski definition) is 1. The van der Waals surface area contributed by atoms with Gasteiger partial charge in [0, 0.05) is 19.0 Å². The minimum Gasteiger partial charge on any atom is -0.342 e. The van der Waals surface area contributed by atoms with Crippen LogP contribution in [0.15, 0.2) is 24.3 Å². The molecule has 1 aromatic carbocycles. The van der Waals surface area contributed by atoms with Crippen molar-refractivity contribution in [1.82, 2.24) is 15.1 Å². The standard InChI is InChI=1S/C20H24FN3O3/c21-16-7-5-14(6-8-16)13-24-18(26)20(22-19(24)27)9-11-23(12-10-20)17(25)15-3-1-2-4-15/h5-8,15H,1-4,9-13H2,(H,22,27). The monoisotopic (exact) mass is 373 g/mol. The maximum absolute atomic E-state index is 13.1. The molecule has 1 aliphatic carbocycles. The predicted octanol–water partition coefficient (Wildman–Crippen LogP) is 2.43. The highest BCUT2D eigenvalue weighted by atomic mass is 19.1. The van der Waals surface area contributed by atoms with Crippen LogP contribution in [-0.4, -0.2) is 46.3 Å². The molecule has 0 atom stereocenters. The van der Waals surface area contributed by atoms with Gasteiger partial charge in [-0.15, -0.1) is 0 Å². The van der Waals surface area contributed by atoms with Crippen molar-refractivity contribution in [3.63, 3.8) is 0 Å². The van der Waals surface area contributed by atoms with E-state index in [1.165, 1.54) is 17.0 Å². The van der Waals surface area contributed by atoms with Crippen molar-refractivity contribution in [3.8, 4) is 0 Å². The quantitative estimate of drug-likeness (QED) is 0.828. The average Bonchev–Trinajstić information content (AvgIpc) is 3.28. The summed E-state index contributed by atoms with van der Waals surface area (Å²) in [6.45, 7) is 1.11. The van der Waals surface area contributed by atoms with Gasteiger partial charge in [-0.25, -0.2) is 9.18 Å². The van der Waals surface area contributed by atoms with Crippen LogP contribution in [-0.2, 0) is 16.1 Å². The molecule has 0 radical (unpaired) electrons. The Morgan fingerprint density at radius 2 is 1.74 bits per heavy atom. The number of likely N-dealkylation sites (tertiary alicyclic amines) is 1. The summed E-state index contributed by atoms with van der Waals surface area (Å²) in [6, 6.07) is 5.36. The van der Waals surface area contributed by atoms with Crippen LogP contribution in [0.3, 0.4) is 0 Å². The molecule has 6 nitrogen and oxygen atoms in total. The number of benzene rings is 1. The van der Waals surface area contributed by atoms with Crippen LogP contribution < -0.4 is 5.32 Å². The third-order valence-corrected chi connectivity index (χ3v) is 6.13. The van der Waals surface area contributed by atoms with E-state index in [0.717, 1.165) is 25.7 Å². The largest absolute Gasteiger partial charge is 0.342 e. The number of nitrogens with one attached hydrogen (secondary N) is 1. The molecule has 3 aliphatic rings. The molecule has 1 N–H and O–H groups in total. The number of amides is 4. The highest BCUT2D eigenvalue weighted by molar-refractivity contribution is 6.07. The van der Waals surface area contributed by atoms with Crippen LogP contribution in [0.5, 0.6) is 0 Å². The van der Waals surface area contributed by atoms with E-state index in [2.05, 4.69) is 5.32 Å². The van der Waals surface area contributed by atoms with Gasteiger partial charge in [-0.2, -0.15) is 0 Å². The normalized spacial score (nSPS) is 22.6. The fourth-order valence-corrected chi connectivity index (χ4v) is 4.47. The van der Waals surface area contributed by atoms with Crippen molar-refractivity contribution in [3.05, 3.63) is 35.6 Å². The Balaban J connectivity index is 1.41. The molecule has 27 heavy (non-hydrogen) atoms. The van der Waals surface area contributed by atoms with Gasteiger partial charge >= 0.3 is 6.03 Å². The molecule has 2 heterocycles. The molecule has 3 fully saturated rings.